The zero-order valence-corrected chi connectivity index (χ0v) is 27.8. The Bertz CT molecular complexity index is 1690. The topological polar surface area (TPSA) is 157 Å². The largest absolute Gasteiger partial charge is 0.508 e. The minimum atomic E-state index is -1.08. The molecule has 1 saturated heterocycles. The van der Waals surface area contributed by atoms with Gasteiger partial charge in [-0.25, -0.2) is 0 Å². The van der Waals surface area contributed by atoms with Gasteiger partial charge in [0, 0.05) is 25.1 Å². The van der Waals surface area contributed by atoms with Crippen LogP contribution in [0.25, 0.3) is 11.6 Å². The number of phenolic OH excluding ortho intramolecular Hbond substituents is 1. The van der Waals surface area contributed by atoms with E-state index in [0.717, 1.165) is 5.57 Å². The third-order valence-electron chi connectivity index (χ3n) is 9.25. The van der Waals surface area contributed by atoms with Crippen LogP contribution >= 0.6 is 11.6 Å². The van der Waals surface area contributed by atoms with Gasteiger partial charge in [-0.3, -0.25) is 24.3 Å². The molecule has 0 bridgehead atoms. The Balaban J connectivity index is 1.42. The second-order valence-corrected chi connectivity index (χ2v) is 12.9. The molecule has 1 aliphatic carbocycles. The molecule has 10 nitrogen and oxygen atoms in total. The number of fused-ring (bicyclic) bond motifs is 1. The summed E-state index contributed by atoms with van der Waals surface area (Å²) in [5, 5.41) is 41.8. The molecule has 2 amide bonds. The van der Waals surface area contributed by atoms with E-state index >= 15 is 0 Å². The van der Waals surface area contributed by atoms with Gasteiger partial charge in [-0.05, 0) is 103 Å². The molecular weight excluding hydrogens is 648 g/mol. The quantitative estimate of drug-likeness (QED) is 0.0835. The molecule has 0 spiro atoms. The number of halogens is 1. The molecule has 11 heteroatoms. The monoisotopic (exact) mass is 688 g/mol. The number of hydrogen-bond acceptors (Lipinski definition) is 8. The van der Waals surface area contributed by atoms with Gasteiger partial charge in [-0.1, -0.05) is 42.3 Å². The van der Waals surface area contributed by atoms with Crippen molar-refractivity contribution in [3.8, 4) is 11.5 Å². The lowest BCUT2D eigenvalue weighted by molar-refractivity contribution is -0.141. The molecule has 0 radical (unpaired) electrons. The van der Waals surface area contributed by atoms with Crippen LogP contribution in [0.3, 0.4) is 0 Å². The first-order valence-corrected chi connectivity index (χ1v) is 16.9. The van der Waals surface area contributed by atoms with Gasteiger partial charge in [0.25, 0.3) is 0 Å². The maximum absolute atomic E-state index is 13.8. The van der Waals surface area contributed by atoms with Crippen molar-refractivity contribution in [3.63, 3.8) is 0 Å². The number of nitrogens with zero attached hydrogens (tertiary/aromatic N) is 2. The summed E-state index contributed by atoms with van der Waals surface area (Å²) in [7, 11) is 0. The summed E-state index contributed by atoms with van der Waals surface area (Å²) >= 11 is 6.43. The number of pyridine rings is 1. The standard InChI is InChI=1S/C38H41ClN2O8/c39-31-21-27(43)15-13-24(31)19-25(32-11-6-7-17-40-32)14-16-33(44)35-26(23-49-28-9-3-1-4-10-28)20-29-36(30(35)22-42)38(48)41(37(29)47)18-8-2-5-12-34(45)46/h1,3-4,6-7,9-11,13,15,17,19,21,29-30,33,36,42-44H,2,5,8,12,14,16,18,20,22-23H2,(H,45,46)/b25-19-/t29-,30+,33-,36-/m1/s1. The second kappa shape index (κ2) is 16.7. The molecule has 5 rings (SSSR count). The second-order valence-electron chi connectivity index (χ2n) is 12.5. The number of ether oxygens (including phenoxy) is 1. The third-order valence-corrected chi connectivity index (χ3v) is 9.58. The van der Waals surface area contributed by atoms with Crippen molar-refractivity contribution in [2.24, 2.45) is 17.8 Å². The number of aliphatic hydroxyl groups is 2. The SMILES string of the molecule is O=C(O)CCCCCN1C(=O)[C@@H]2[C@@H](CC(COc3ccccc3)=C([C@H](O)CC/C(=C/c3ccc(O)cc3Cl)c3ccccn3)[C@@H]2CO)C1=O. The number of carboxylic acid groups (broad SMARTS) is 1. The minimum Gasteiger partial charge on any atom is -0.508 e. The summed E-state index contributed by atoms with van der Waals surface area (Å²) in [4.78, 5) is 44.0. The molecule has 49 heavy (non-hydrogen) atoms. The normalized spacial score (nSPS) is 20.0. The van der Waals surface area contributed by atoms with Gasteiger partial charge in [0.1, 0.15) is 18.1 Å². The number of phenols is 1. The smallest absolute Gasteiger partial charge is 0.303 e. The molecule has 1 aliphatic heterocycles. The predicted octanol–water partition coefficient (Wildman–Crippen LogP) is 5.76. The number of para-hydroxylation sites is 1. The number of aliphatic hydroxyl groups excluding tert-OH is 2. The maximum Gasteiger partial charge on any atom is 0.303 e. The summed E-state index contributed by atoms with van der Waals surface area (Å²) < 4.78 is 6.10. The highest BCUT2D eigenvalue weighted by atomic mass is 35.5. The van der Waals surface area contributed by atoms with Crippen molar-refractivity contribution in [3.05, 3.63) is 100 Å². The average Bonchev–Trinajstić information content (AvgIpc) is 3.34. The number of likely N-dealkylation sites (tertiary alicyclic amines) is 1. The number of carbonyl (C=O) groups is 3. The van der Waals surface area contributed by atoms with E-state index in [9.17, 15) is 29.7 Å². The highest BCUT2D eigenvalue weighted by Gasteiger charge is 2.54. The van der Waals surface area contributed by atoms with Crippen LogP contribution in [0, 0.1) is 17.8 Å². The van der Waals surface area contributed by atoms with E-state index in [1.54, 1.807) is 30.5 Å². The van der Waals surface area contributed by atoms with Crippen LogP contribution in [-0.2, 0) is 14.4 Å². The third kappa shape index (κ3) is 8.75. The fourth-order valence-electron chi connectivity index (χ4n) is 6.88. The number of carbonyl (C=O) groups excluding carboxylic acids is 2. The Kier molecular flexibility index (Phi) is 12.2. The molecule has 3 aromatic rings. The van der Waals surface area contributed by atoms with Crippen LogP contribution in [0.15, 0.2) is 84.1 Å². The molecular formula is C38H41ClN2O8. The molecule has 4 N–H and O–H groups in total. The van der Waals surface area contributed by atoms with E-state index in [-0.39, 0.29) is 50.0 Å². The van der Waals surface area contributed by atoms with E-state index < -0.39 is 36.4 Å². The van der Waals surface area contributed by atoms with Crippen LogP contribution < -0.4 is 4.74 Å². The predicted molar refractivity (Wildman–Crippen MR) is 184 cm³/mol. The summed E-state index contributed by atoms with van der Waals surface area (Å²) in [5.74, 6) is -3.27. The number of amides is 2. The first-order chi connectivity index (χ1) is 23.7. The number of hydrogen-bond donors (Lipinski definition) is 4. The number of aromatic hydroxyl groups is 1. The lowest BCUT2D eigenvalue weighted by atomic mass is 9.68. The average molecular weight is 689 g/mol. The summed E-state index contributed by atoms with van der Waals surface area (Å²) in [6.45, 7) is -0.201. The molecule has 2 heterocycles. The van der Waals surface area contributed by atoms with Crippen molar-refractivity contribution in [1.29, 1.82) is 0 Å². The lowest BCUT2D eigenvalue weighted by Gasteiger charge is -2.36. The van der Waals surface area contributed by atoms with Crippen LogP contribution in [0.5, 0.6) is 11.5 Å². The Morgan fingerprint density at radius 1 is 1.02 bits per heavy atom. The number of benzene rings is 2. The van der Waals surface area contributed by atoms with Gasteiger partial charge >= 0.3 is 5.97 Å². The Morgan fingerprint density at radius 3 is 2.49 bits per heavy atom. The highest BCUT2D eigenvalue weighted by molar-refractivity contribution is 6.32. The van der Waals surface area contributed by atoms with E-state index in [2.05, 4.69) is 4.98 Å². The van der Waals surface area contributed by atoms with Gasteiger partial charge in [-0.15, -0.1) is 0 Å². The molecule has 0 saturated carbocycles. The number of aromatic nitrogens is 1. The Labute approximate surface area is 290 Å². The minimum absolute atomic E-state index is 0.0227. The number of imide groups is 1. The number of allylic oxidation sites excluding steroid dienone is 1. The zero-order valence-electron chi connectivity index (χ0n) is 27.1. The molecule has 0 unspecified atom stereocenters. The van der Waals surface area contributed by atoms with Crippen molar-refractivity contribution < 1.29 is 39.5 Å². The van der Waals surface area contributed by atoms with Crippen molar-refractivity contribution in [2.45, 2.75) is 51.0 Å². The van der Waals surface area contributed by atoms with Gasteiger partial charge in [0.2, 0.25) is 11.8 Å². The lowest BCUT2D eigenvalue weighted by Crippen LogP contribution is -2.40. The number of rotatable bonds is 16. The molecule has 1 fully saturated rings. The van der Waals surface area contributed by atoms with Crippen molar-refractivity contribution in [2.75, 3.05) is 19.8 Å². The van der Waals surface area contributed by atoms with E-state index in [1.165, 1.54) is 17.0 Å². The van der Waals surface area contributed by atoms with Crippen molar-refractivity contribution in [1.82, 2.24) is 9.88 Å². The van der Waals surface area contributed by atoms with Gasteiger partial charge in [-0.2, -0.15) is 0 Å². The summed E-state index contributed by atoms with van der Waals surface area (Å²) in [5.41, 5.74) is 3.31. The van der Waals surface area contributed by atoms with E-state index in [1.807, 2.05) is 36.4 Å². The molecule has 4 atom stereocenters. The van der Waals surface area contributed by atoms with Crippen LogP contribution in [0.4, 0.5) is 0 Å². The number of unbranched alkanes of at least 4 members (excludes halogenated alkanes) is 2. The van der Waals surface area contributed by atoms with E-state index in [4.69, 9.17) is 21.4 Å². The molecule has 1 aromatic heterocycles. The van der Waals surface area contributed by atoms with E-state index in [0.29, 0.717) is 58.9 Å². The molecule has 258 valence electrons. The van der Waals surface area contributed by atoms with Crippen LogP contribution in [-0.4, -0.2) is 74.0 Å². The van der Waals surface area contributed by atoms with Gasteiger partial charge in [0.05, 0.1) is 35.3 Å². The van der Waals surface area contributed by atoms with Crippen LogP contribution in [0.2, 0.25) is 5.02 Å². The van der Waals surface area contributed by atoms with Crippen molar-refractivity contribution >= 4 is 41.0 Å². The van der Waals surface area contributed by atoms with Crippen LogP contribution in [0.1, 0.15) is 56.2 Å². The fourth-order valence-corrected chi connectivity index (χ4v) is 7.11. The summed E-state index contributed by atoms with van der Waals surface area (Å²) in [6, 6.07) is 19.4. The number of carboxylic acids is 1. The highest BCUT2D eigenvalue weighted by Crippen LogP contribution is 2.46. The first kappa shape index (κ1) is 35.8. The maximum atomic E-state index is 13.8. The fraction of sp³-hybridized carbons (Fsp3) is 0.368. The van der Waals surface area contributed by atoms with Gasteiger partial charge < -0.3 is 25.2 Å². The van der Waals surface area contributed by atoms with Gasteiger partial charge in [0.15, 0.2) is 0 Å². The zero-order chi connectivity index (χ0) is 34.9. The Morgan fingerprint density at radius 2 is 1.80 bits per heavy atom. The molecule has 2 aromatic carbocycles. The summed E-state index contributed by atoms with van der Waals surface area (Å²) in [6.07, 6.45) is 4.73. The molecule has 2 aliphatic rings. The first-order valence-electron chi connectivity index (χ1n) is 16.5. The number of aliphatic carboxylic acids is 1. The Hall–Kier alpha value is -4.51.